The molecular formula is C27H21N3O5. The van der Waals surface area contributed by atoms with Crippen molar-refractivity contribution in [2.24, 2.45) is 0 Å². The minimum absolute atomic E-state index is 0.0462. The Bertz CT molecular complexity index is 1590. The van der Waals surface area contributed by atoms with E-state index in [2.05, 4.69) is 12.1 Å². The Hall–Kier alpha value is -4.50. The molecule has 2 aliphatic rings. The summed E-state index contributed by atoms with van der Waals surface area (Å²) in [4.78, 5) is 0. The van der Waals surface area contributed by atoms with Crippen LogP contribution in [0.15, 0.2) is 64.8 Å². The van der Waals surface area contributed by atoms with Gasteiger partial charge in [0, 0.05) is 22.2 Å². The van der Waals surface area contributed by atoms with Gasteiger partial charge in [-0.25, -0.2) is 0 Å². The molecule has 2 aromatic carbocycles. The number of benzene rings is 2. The fourth-order valence-corrected chi connectivity index (χ4v) is 5.03. The lowest BCUT2D eigenvalue weighted by molar-refractivity contribution is 0.0247. The van der Waals surface area contributed by atoms with Crippen molar-refractivity contribution in [1.29, 1.82) is 10.5 Å². The van der Waals surface area contributed by atoms with Crippen molar-refractivity contribution in [2.45, 2.75) is 32.0 Å². The van der Waals surface area contributed by atoms with Crippen LogP contribution >= 0.6 is 0 Å². The van der Waals surface area contributed by atoms with Crippen LogP contribution in [0.4, 0.5) is 0 Å². The van der Waals surface area contributed by atoms with Crippen molar-refractivity contribution in [3.8, 4) is 17.8 Å². The van der Waals surface area contributed by atoms with Gasteiger partial charge in [-0.1, -0.05) is 24.3 Å². The summed E-state index contributed by atoms with van der Waals surface area (Å²) in [5.41, 5.74) is 4.86. The number of rotatable bonds is 2. The van der Waals surface area contributed by atoms with E-state index in [-0.39, 0.29) is 11.1 Å². The largest absolute Gasteiger partial charge is 0.506 e. The van der Waals surface area contributed by atoms with Gasteiger partial charge in [-0.05, 0) is 49.1 Å². The molecule has 1 heterocycles. The number of aryl methyl sites for hydroxylation is 1. The third kappa shape index (κ3) is 3.12. The second-order valence-corrected chi connectivity index (χ2v) is 8.64. The molecule has 0 amide bonds. The van der Waals surface area contributed by atoms with Crippen LogP contribution in [0.5, 0.6) is 0 Å². The van der Waals surface area contributed by atoms with Gasteiger partial charge in [0.15, 0.2) is 17.3 Å². The van der Waals surface area contributed by atoms with Gasteiger partial charge in [0.1, 0.15) is 24.3 Å². The third-order valence-electron chi connectivity index (χ3n) is 6.76. The topological polar surface area (TPSA) is 154 Å². The van der Waals surface area contributed by atoms with Gasteiger partial charge >= 0.3 is 0 Å². The Kier molecular flexibility index (Phi) is 5.14. The van der Waals surface area contributed by atoms with E-state index in [0.717, 1.165) is 22.2 Å². The van der Waals surface area contributed by atoms with E-state index in [1.165, 1.54) is 0 Å². The van der Waals surface area contributed by atoms with E-state index < -0.39 is 29.5 Å². The zero-order chi connectivity index (χ0) is 25.0. The number of fused-ring (bicyclic) bond motifs is 3. The van der Waals surface area contributed by atoms with Gasteiger partial charge in [-0.2, -0.15) is 10.5 Å². The maximum Gasteiger partial charge on any atom is 0.199 e. The Morgan fingerprint density at radius 1 is 0.886 bits per heavy atom. The molecule has 5 rings (SSSR count). The monoisotopic (exact) mass is 467 g/mol. The predicted molar refractivity (Wildman–Crippen MR) is 128 cm³/mol. The summed E-state index contributed by atoms with van der Waals surface area (Å²) >= 11 is 0. The smallest absolute Gasteiger partial charge is 0.199 e. The van der Waals surface area contributed by atoms with Gasteiger partial charge in [0.25, 0.3) is 0 Å². The molecule has 8 heteroatoms. The molecule has 2 aliphatic carbocycles. The standard InChI is InChI=1S/C27H21N3O5/c1-13-6-8-21(18(12-29)17(13)11-28)30-19-5-3-2-4-15(19)16-10-14(7-9-20(16)30)22-23(31)25(33)27(35)26(34)24(22)32/h2-6,8,10,23,25,31-35H,7,9H2,1H3. The molecule has 0 saturated carbocycles. The second-order valence-electron chi connectivity index (χ2n) is 8.64. The first kappa shape index (κ1) is 22.3. The number of aliphatic hydroxyl groups excluding tert-OH is 5. The highest BCUT2D eigenvalue weighted by Crippen LogP contribution is 2.41. The molecule has 0 saturated heterocycles. The van der Waals surface area contributed by atoms with Crippen LogP contribution in [-0.4, -0.2) is 42.3 Å². The summed E-state index contributed by atoms with van der Waals surface area (Å²) in [5, 5.41) is 71.4. The zero-order valence-corrected chi connectivity index (χ0v) is 18.7. The summed E-state index contributed by atoms with van der Waals surface area (Å²) < 4.78 is 1.96. The normalized spacial score (nSPS) is 19.9. The van der Waals surface area contributed by atoms with Crippen molar-refractivity contribution in [2.75, 3.05) is 0 Å². The van der Waals surface area contributed by atoms with Crippen LogP contribution in [-0.2, 0) is 6.42 Å². The number of para-hydroxylation sites is 1. The fraction of sp³-hybridized carbons (Fsp3) is 0.185. The fourth-order valence-electron chi connectivity index (χ4n) is 5.03. The Morgan fingerprint density at radius 2 is 1.60 bits per heavy atom. The van der Waals surface area contributed by atoms with Gasteiger partial charge in [0.2, 0.25) is 0 Å². The lowest BCUT2D eigenvalue weighted by Crippen LogP contribution is -2.36. The Labute approximate surface area is 200 Å². The SMILES string of the molecule is Cc1ccc(-n2c3c(c4ccccc42)C=C(C2=C(O)C(O)=C(O)C(O)C2O)CC3)c(C#N)c1C#N. The van der Waals surface area contributed by atoms with E-state index in [4.69, 9.17) is 0 Å². The number of hydrogen-bond donors (Lipinski definition) is 5. The molecular weight excluding hydrogens is 446 g/mol. The van der Waals surface area contributed by atoms with Gasteiger partial charge in [-0.3, -0.25) is 0 Å². The molecule has 35 heavy (non-hydrogen) atoms. The first-order chi connectivity index (χ1) is 16.8. The van der Waals surface area contributed by atoms with Crippen molar-refractivity contribution in [3.05, 3.63) is 92.8 Å². The summed E-state index contributed by atoms with van der Waals surface area (Å²) in [5.74, 6) is -2.43. The molecule has 2 atom stereocenters. The van der Waals surface area contributed by atoms with Crippen LogP contribution in [0.2, 0.25) is 0 Å². The van der Waals surface area contributed by atoms with Crippen LogP contribution in [0, 0.1) is 29.6 Å². The number of aromatic nitrogens is 1. The first-order valence-electron chi connectivity index (χ1n) is 11.0. The molecule has 2 unspecified atom stereocenters. The van der Waals surface area contributed by atoms with Crippen molar-refractivity contribution < 1.29 is 25.5 Å². The molecule has 1 aromatic heterocycles. The van der Waals surface area contributed by atoms with E-state index in [9.17, 15) is 36.1 Å². The lowest BCUT2D eigenvalue weighted by atomic mass is 9.83. The minimum Gasteiger partial charge on any atom is -0.506 e. The number of nitriles is 2. The molecule has 5 N–H and O–H groups in total. The quantitative estimate of drug-likeness (QED) is 0.383. The predicted octanol–water partition coefficient (Wildman–Crippen LogP) is 3.89. The van der Waals surface area contributed by atoms with Crippen LogP contribution in [0.25, 0.3) is 22.7 Å². The van der Waals surface area contributed by atoms with Gasteiger partial charge in [0.05, 0.1) is 22.3 Å². The summed E-state index contributed by atoms with van der Waals surface area (Å²) in [7, 11) is 0. The van der Waals surface area contributed by atoms with Crippen molar-refractivity contribution in [3.63, 3.8) is 0 Å². The average molecular weight is 467 g/mol. The van der Waals surface area contributed by atoms with E-state index in [0.29, 0.717) is 35.2 Å². The molecule has 0 fully saturated rings. The van der Waals surface area contributed by atoms with Crippen LogP contribution in [0.3, 0.4) is 0 Å². The highest BCUT2D eigenvalue weighted by Gasteiger charge is 2.38. The average Bonchev–Trinajstić information content (AvgIpc) is 3.20. The Balaban J connectivity index is 1.79. The van der Waals surface area contributed by atoms with Crippen LogP contribution in [0.1, 0.15) is 34.4 Å². The lowest BCUT2D eigenvalue weighted by Gasteiger charge is -2.29. The van der Waals surface area contributed by atoms with Gasteiger partial charge in [-0.15, -0.1) is 0 Å². The molecule has 0 bridgehead atoms. The molecule has 3 aromatic rings. The maximum absolute atomic E-state index is 10.6. The first-order valence-corrected chi connectivity index (χ1v) is 11.0. The molecule has 0 aliphatic heterocycles. The summed E-state index contributed by atoms with van der Waals surface area (Å²) in [6.07, 6.45) is -0.807. The second kappa shape index (κ2) is 8.07. The van der Waals surface area contributed by atoms with Gasteiger partial charge < -0.3 is 30.1 Å². The summed E-state index contributed by atoms with van der Waals surface area (Å²) in [6, 6.07) is 15.5. The van der Waals surface area contributed by atoms with Crippen molar-refractivity contribution in [1.82, 2.24) is 4.57 Å². The van der Waals surface area contributed by atoms with Crippen LogP contribution < -0.4 is 0 Å². The number of hydrogen-bond acceptors (Lipinski definition) is 7. The van der Waals surface area contributed by atoms with Crippen molar-refractivity contribution >= 4 is 17.0 Å². The highest BCUT2D eigenvalue weighted by atomic mass is 16.4. The minimum atomic E-state index is -1.76. The number of nitrogens with zero attached hydrogens (tertiary/aromatic N) is 3. The molecule has 0 radical (unpaired) electrons. The summed E-state index contributed by atoms with van der Waals surface area (Å²) in [6.45, 7) is 1.78. The molecule has 8 nitrogen and oxygen atoms in total. The Morgan fingerprint density at radius 3 is 2.31 bits per heavy atom. The maximum atomic E-state index is 10.6. The number of aliphatic hydroxyl groups is 5. The van der Waals surface area contributed by atoms with E-state index in [1.807, 2.05) is 41.0 Å². The van der Waals surface area contributed by atoms with E-state index >= 15 is 0 Å². The highest BCUT2D eigenvalue weighted by molar-refractivity contribution is 5.94. The third-order valence-corrected chi connectivity index (χ3v) is 6.76. The van der Waals surface area contributed by atoms with E-state index in [1.54, 1.807) is 13.0 Å². The zero-order valence-electron chi connectivity index (χ0n) is 18.7. The molecule has 0 spiro atoms. The molecule has 174 valence electrons.